The number of likely N-dealkylation sites (N-methyl/N-ethyl adjacent to an activating group) is 2. The molecule has 3 aromatic heterocycles. The fourth-order valence-electron chi connectivity index (χ4n) is 9.10. The van der Waals surface area contributed by atoms with Gasteiger partial charge < -0.3 is 24.9 Å². The van der Waals surface area contributed by atoms with Crippen LogP contribution >= 0.6 is 11.3 Å². The van der Waals surface area contributed by atoms with Crippen LogP contribution in [-0.4, -0.2) is 102 Å². The van der Waals surface area contributed by atoms with E-state index in [0.29, 0.717) is 24.5 Å². The number of thiazole rings is 1. The van der Waals surface area contributed by atoms with Crippen LogP contribution in [0.15, 0.2) is 109 Å². The molecule has 5 heterocycles. The van der Waals surface area contributed by atoms with Gasteiger partial charge in [-0.15, -0.1) is 11.3 Å². The van der Waals surface area contributed by atoms with Crippen molar-refractivity contribution in [1.82, 2.24) is 44.5 Å². The first-order valence-corrected chi connectivity index (χ1v) is 21.8. The molecular weight excluding hydrogens is 799 g/mol. The van der Waals surface area contributed by atoms with Crippen LogP contribution in [0.2, 0.25) is 0 Å². The topological polar surface area (TPSA) is 155 Å². The molecule has 0 spiro atoms. The molecule has 13 nitrogen and oxygen atoms in total. The van der Waals surface area contributed by atoms with Gasteiger partial charge >= 0.3 is 6.09 Å². The van der Waals surface area contributed by atoms with Crippen molar-refractivity contribution in [2.45, 2.75) is 56.8 Å². The Morgan fingerprint density at radius 2 is 1.21 bits per heavy atom. The number of hydrogen-bond acceptors (Lipinski definition) is 8. The smallest absolute Gasteiger partial charge is 0.407 e. The molecule has 316 valence electrons. The van der Waals surface area contributed by atoms with Crippen molar-refractivity contribution >= 4 is 39.5 Å². The van der Waals surface area contributed by atoms with Gasteiger partial charge in [-0.05, 0) is 92.2 Å². The second kappa shape index (κ2) is 17.0. The Morgan fingerprint density at radius 1 is 0.694 bits per heavy atom. The van der Waals surface area contributed by atoms with Crippen molar-refractivity contribution in [3.8, 4) is 33.6 Å². The van der Waals surface area contributed by atoms with Crippen molar-refractivity contribution in [2.24, 2.45) is 0 Å². The summed E-state index contributed by atoms with van der Waals surface area (Å²) in [5, 5.41) is 10.8. The molecule has 9 rings (SSSR count). The number of nitrogens with one attached hydrogen (secondary N) is 2. The van der Waals surface area contributed by atoms with Gasteiger partial charge in [0.25, 0.3) is 5.91 Å². The highest BCUT2D eigenvalue weighted by Crippen LogP contribution is 2.38. The average Bonchev–Trinajstić information content (AvgIpc) is 4.13. The Bertz CT molecular complexity index is 2730. The van der Waals surface area contributed by atoms with Crippen molar-refractivity contribution in [3.63, 3.8) is 0 Å². The molecule has 0 bridgehead atoms. The number of aryl methyl sites for hydroxylation is 1. The molecule has 4 atom stereocenters. The van der Waals surface area contributed by atoms with E-state index in [4.69, 9.17) is 9.97 Å². The van der Waals surface area contributed by atoms with Gasteiger partial charge in [-0.25, -0.2) is 19.7 Å². The van der Waals surface area contributed by atoms with Crippen LogP contribution in [0.4, 0.5) is 4.79 Å². The number of imidazole rings is 2. The van der Waals surface area contributed by atoms with Crippen molar-refractivity contribution in [2.75, 3.05) is 34.2 Å². The number of hydrogen-bond donors (Lipinski definition) is 3. The summed E-state index contributed by atoms with van der Waals surface area (Å²) in [6.07, 6.45) is 5.77. The molecule has 0 radical (unpaired) electrons. The van der Waals surface area contributed by atoms with Gasteiger partial charge in [0.05, 0.1) is 51.1 Å². The number of fused-ring (bicyclic) bond motifs is 1. The van der Waals surface area contributed by atoms with Gasteiger partial charge in [0.1, 0.15) is 23.7 Å². The fraction of sp³-hybridized carbons (Fsp3) is 0.292. The highest BCUT2D eigenvalue weighted by atomic mass is 32.1. The molecule has 2 aliphatic rings. The maximum Gasteiger partial charge on any atom is 0.407 e. The molecule has 4 aromatic carbocycles. The zero-order valence-electron chi connectivity index (χ0n) is 35.2. The van der Waals surface area contributed by atoms with Gasteiger partial charge in [0.15, 0.2) is 0 Å². The normalized spacial score (nSPS) is 17.5. The van der Waals surface area contributed by atoms with Gasteiger partial charge in [-0.2, -0.15) is 0 Å². The van der Waals surface area contributed by atoms with E-state index in [1.54, 1.807) is 34.6 Å². The lowest BCUT2D eigenvalue weighted by molar-refractivity contribution is -0.138. The van der Waals surface area contributed by atoms with Crippen molar-refractivity contribution < 1.29 is 19.5 Å². The highest BCUT2D eigenvalue weighted by molar-refractivity contribution is 7.18. The van der Waals surface area contributed by atoms with Crippen LogP contribution in [-0.2, 0) is 9.59 Å². The number of H-pyrrole nitrogens is 2. The predicted molar refractivity (Wildman–Crippen MR) is 240 cm³/mol. The average molecular weight is 848 g/mol. The van der Waals surface area contributed by atoms with Crippen LogP contribution < -0.4 is 0 Å². The molecule has 2 fully saturated rings. The maximum atomic E-state index is 14.2. The highest BCUT2D eigenvalue weighted by Gasteiger charge is 2.40. The SMILES string of the molecule is Cc1nc2cc(C(C(=O)N3CCC[C@H]3c3ncc(-c4ccc(-c5ccc(-c6cnc([C@@H]7CCCN7C(=O)[C@@H](c7ccccc7)N(C)C(=O)O)[nH]6)cc5)cc4)[nH]3)N(C)C)ccc2s1. The number of carboxylic acid groups (broad SMARTS) is 1. The number of aromatic nitrogens is 5. The van der Waals surface area contributed by atoms with Gasteiger partial charge in [-0.1, -0.05) is 84.9 Å². The summed E-state index contributed by atoms with van der Waals surface area (Å²) in [5.41, 5.74) is 8.34. The van der Waals surface area contributed by atoms with E-state index in [0.717, 1.165) is 90.8 Å². The van der Waals surface area contributed by atoms with E-state index in [-0.39, 0.29) is 23.9 Å². The third-order valence-corrected chi connectivity index (χ3v) is 13.2. The first-order chi connectivity index (χ1) is 30.0. The minimum Gasteiger partial charge on any atom is -0.465 e. The first kappa shape index (κ1) is 40.7. The quantitative estimate of drug-likeness (QED) is 0.117. The van der Waals surface area contributed by atoms with E-state index in [1.807, 2.05) is 55.2 Å². The second-order valence-corrected chi connectivity index (χ2v) is 17.7. The molecule has 0 aliphatic carbocycles. The summed E-state index contributed by atoms with van der Waals surface area (Å²) in [7, 11) is 5.34. The Morgan fingerprint density at radius 3 is 1.73 bits per heavy atom. The summed E-state index contributed by atoms with van der Waals surface area (Å²) in [5.74, 6) is 1.28. The summed E-state index contributed by atoms with van der Waals surface area (Å²) in [6, 6.07) is 30.1. The molecule has 0 saturated carbocycles. The molecule has 14 heteroatoms. The second-order valence-electron chi connectivity index (χ2n) is 16.4. The van der Waals surface area contributed by atoms with Crippen LogP contribution in [0.5, 0.6) is 0 Å². The van der Waals surface area contributed by atoms with Gasteiger partial charge in [0, 0.05) is 20.1 Å². The minimum absolute atomic E-state index is 0.0671. The Balaban J connectivity index is 0.865. The standard InChI is InChI=1S/C48H49N9O4S/c1-29-51-36-26-35(22-23-41(36)62-29)42(54(2)3)46(58)56-24-8-12-39(56)44-49-27-37(52-44)32-18-14-30(15-19-32)31-16-20-33(21-17-31)38-28-50-45(53-38)40-13-9-25-57(40)47(59)43(55(4)48(60)61)34-10-6-5-7-11-34/h5-7,10-11,14-23,26-28,39-40,42-43H,8-9,12-13,24-25H2,1-4H3,(H,49,52)(H,50,53)(H,60,61)/t39-,40-,42?,43+/m0/s1. The summed E-state index contributed by atoms with van der Waals surface area (Å²) in [4.78, 5) is 68.2. The van der Waals surface area contributed by atoms with Gasteiger partial charge in [0.2, 0.25) is 5.91 Å². The number of aromatic amines is 2. The van der Waals surface area contributed by atoms with Crippen LogP contribution in [0.3, 0.4) is 0 Å². The van der Waals surface area contributed by atoms with E-state index in [2.05, 4.69) is 81.7 Å². The number of benzene rings is 4. The van der Waals surface area contributed by atoms with E-state index in [9.17, 15) is 19.5 Å². The number of carbonyl (C=O) groups is 3. The summed E-state index contributed by atoms with van der Waals surface area (Å²) in [6.45, 7) is 3.21. The van der Waals surface area contributed by atoms with Gasteiger partial charge in [-0.3, -0.25) is 19.4 Å². The molecule has 3 amide bonds. The monoisotopic (exact) mass is 847 g/mol. The Hall–Kier alpha value is -6.64. The summed E-state index contributed by atoms with van der Waals surface area (Å²) >= 11 is 1.66. The third-order valence-electron chi connectivity index (χ3n) is 12.2. The number of nitrogens with zero attached hydrogens (tertiary/aromatic N) is 7. The van der Waals surface area contributed by atoms with Crippen LogP contribution in [0.25, 0.3) is 43.9 Å². The lowest BCUT2D eigenvalue weighted by Gasteiger charge is -2.32. The number of rotatable bonds is 11. The van der Waals surface area contributed by atoms with Crippen LogP contribution in [0, 0.1) is 6.92 Å². The zero-order valence-corrected chi connectivity index (χ0v) is 36.0. The summed E-state index contributed by atoms with van der Waals surface area (Å²) < 4.78 is 1.12. The fourth-order valence-corrected chi connectivity index (χ4v) is 9.91. The molecular formula is C48H49N9O4S. The number of likely N-dealkylation sites (tertiary alicyclic amines) is 2. The zero-order chi connectivity index (χ0) is 43.1. The van der Waals surface area contributed by atoms with E-state index >= 15 is 0 Å². The lowest BCUT2D eigenvalue weighted by atomic mass is 10.0. The Kier molecular flexibility index (Phi) is 11.2. The lowest BCUT2D eigenvalue weighted by Crippen LogP contribution is -2.43. The molecule has 62 heavy (non-hydrogen) atoms. The minimum atomic E-state index is -1.16. The molecule has 2 aliphatic heterocycles. The number of amides is 3. The molecule has 3 N–H and O–H groups in total. The van der Waals surface area contributed by atoms with Crippen molar-refractivity contribution in [3.05, 3.63) is 137 Å². The predicted octanol–water partition coefficient (Wildman–Crippen LogP) is 9.03. The molecule has 7 aromatic rings. The van der Waals surface area contributed by atoms with E-state index < -0.39 is 18.2 Å². The molecule has 2 saturated heterocycles. The largest absolute Gasteiger partial charge is 0.465 e. The maximum absolute atomic E-state index is 14.2. The van der Waals surface area contributed by atoms with E-state index in [1.165, 1.54) is 7.05 Å². The van der Waals surface area contributed by atoms with Crippen LogP contribution in [0.1, 0.15) is 77.6 Å². The van der Waals surface area contributed by atoms with Crippen molar-refractivity contribution in [1.29, 1.82) is 0 Å². The molecule has 1 unspecified atom stereocenters. The Labute approximate surface area is 364 Å². The number of carbonyl (C=O) groups excluding carboxylic acids is 2. The third kappa shape index (κ3) is 7.87. The first-order valence-electron chi connectivity index (χ1n) is 21.0.